The molecule has 0 aliphatic heterocycles. The van der Waals surface area contributed by atoms with Crippen LogP contribution in [0.3, 0.4) is 0 Å². The highest BCUT2D eigenvalue weighted by Crippen LogP contribution is 2.57. The summed E-state index contributed by atoms with van der Waals surface area (Å²) in [6.07, 6.45) is -3.67. The van der Waals surface area contributed by atoms with E-state index in [-0.39, 0.29) is 19.4 Å². The molecule has 8 heteroatoms. The second kappa shape index (κ2) is 5.35. The maximum atomic E-state index is 13.0. The highest BCUT2D eigenvalue weighted by Gasteiger charge is 2.63. The Bertz CT molecular complexity index is 634. The van der Waals surface area contributed by atoms with E-state index in [1.165, 1.54) is 0 Å². The van der Waals surface area contributed by atoms with Gasteiger partial charge in [-0.1, -0.05) is 18.2 Å². The molecule has 0 radical (unpaired) electrons. The lowest BCUT2D eigenvalue weighted by Gasteiger charge is -2.25. The molecule has 0 bridgehead atoms. The number of aromatic amines is 1. The predicted octanol–water partition coefficient (Wildman–Crippen LogP) is 2.64. The Morgan fingerprint density at radius 2 is 2.09 bits per heavy atom. The largest absolute Gasteiger partial charge is 0.395 e. The van der Waals surface area contributed by atoms with Crippen LogP contribution in [0.5, 0.6) is 0 Å². The predicted molar refractivity (Wildman–Crippen MR) is 73.7 cm³/mol. The number of nitrogens with one attached hydrogen (secondary N) is 1. The lowest BCUT2D eigenvalue weighted by Crippen LogP contribution is -2.36. The van der Waals surface area contributed by atoms with Gasteiger partial charge in [0.15, 0.2) is 0 Å². The minimum atomic E-state index is -4.12. The van der Waals surface area contributed by atoms with E-state index in [2.05, 4.69) is 20.6 Å². The van der Waals surface area contributed by atoms with Crippen LogP contribution in [0.1, 0.15) is 18.4 Å². The van der Waals surface area contributed by atoms with E-state index in [9.17, 15) is 13.2 Å². The van der Waals surface area contributed by atoms with Crippen molar-refractivity contribution in [2.75, 3.05) is 13.6 Å². The lowest BCUT2D eigenvalue weighted by atomic mass is 10.1. The smallest absolute Gasteiger partial charge is 0.301 e. The third kappa shape index (κ3) is 2.96. The van der Waals surface area contributed by atoms with Crippen LogP contribution in [0.2, 0.25) is 0 Å². The maximum absolute atomic E-state index is 13.0. The molecule has 1 aromatic carbocycles. The molecule has 1 saturated carbocycles. The van der Waals surface area contributed by atoms with Gasteiger partial charge in [-0.05, 0) is 36.7 Å². The summed E-state index contributed by atoms with van der Waals surface area (Å²) in [7, 11) is 1.72. The SMILES string of the molecule is CN(Cc1cccc(-c2nn[nH]n2)c1)CC1(C(F)(F)F)CC1. The molecule has 0 unspecified atom stereocenters. The molecule has 1 fully saturated rings. The molecule has 0 spiro atoms. The van der Waals surface area contributed by atoms with Crippen LogP contribution in [-0.2, 0) is 6.54 Å². The number of halogens is 3. The van der Waals surface area contributed by atoms with Crippen molar-refractivity contribution < 1.29 is 13.2 Å². The van der Waals surface area contributed by atoms with E-state index < -0.39 is 11.6 Å². The highest BCUT2D eigenvalue weighted by molar-refractivity contribution is 5.54. The Hall–Kier alpha value is -1.96. The molecule has 1 N–H and O–H groups in total. The topological polar surface area (TPSA) is 57.7 Å². The van der Waals surface area contributed by atoms with Crippen molar-refractivity contribution in [1.82, 2.24) is 25.5 Å². The summed E-state index contributed by atoms with van der Waals surface area (Å²) in [5, 5.41) is 13.7. The molecule has 1 heterocycles. The number of tetrazole rings is 1. The first-order chi connectivity index (χ1) is 10.4. The molecule has 5 nitrogen and oxygen atoms in total. The van der Waals surface area contributed by atoms with E-state index >= 15 is 0 Å². The second-order valence-electron chi connectivity index (χ2n) is 5.89. The standard InChI is InChI=1S/C14H16F3N5/c1-22(9-13(5-6-13)14(15,16)17)8-10-3-2-4-11(7-10)12-18-20-21-19-12/h2-4,7H,5-6,8-9H2,1H3,(H,18,19,20,21). The summed E-state index contributed by atoms with van der Waals surface area (Å²) in [4.78, 5) is 1.72. The first kappa shape index (κ1) is 15.0. The summed E-state index contributed by atoms with van der Waals surface area (Å²) in [6.45, 7) is 0.479. The number of rotatable bonds is 5. The van der Waals surface area contributed by atoms with Crippen LogP contribution in [0.15, 0.2) is 24.3 Å². The number of benzene rings is 1. The quantitative estimate of drug-likeness (QED) is 0.922. The summed E-state index contributed by atoms with van der Waals surface area (Å²) >= 11 is 0. The minimum absolute atomic E-state index is 0.0307. The molecule has 0 saturated heterocycles. The van der Waals surface area contributed by atoms with E-state index in [1.807, 2.05) is 24.3 Å². The maximum Gasteiger partial charge on any atom is 0.395 e. The number of nitrogens with zero attached hydrogens (tertiary/aromatic N) is 4. The van der Waals surface area contributed by atoms with Crippen molar-refractivity contribution in [1.29, 1.82) is 0 Å². The fraction of sp³-hybridized carbons (Fsp3) is 0.500. The van der Waals surface area contributed by atoms with Crippen molar-refractivity contribution in [3.05, 3.63) is 29.8 Å². The average molecular weight is 311 g/mol. The third-order valence-electron chi connectivity index (χ3n) is 4.01. The van der Waals surface area contributed by atoms with Gasteiger partial charge in [0.1, 0.15) is 0 Å². The van der Waals surface area contributed by atoms with Crippen molar-refractivity contribution in [3.63, 3.8) is 0 Å². The normalized spacial score (nSPS) is 17.0. The van der Waals surface area contributed by atoms with Crippen LogP contribution >= 0.6 is 0 Å². The zero-order valence-electron chi connectivity index (χ0n) is 12.1. The van der Waals surface area contributed by atoms with Gasteiger partial charge in [-0.25, -0.2) is 0 Å². The zero-order chi connectivity index (χ0) is 15.8. The summed E-state index contributed by atoms with van der Waals surface area (Å²) in [5.74, 6) is 0.471. The molecule has 0 amide bonds. The van der Waals surface area contributed by atoms with Gasteiger partial charge in [0, 0.05) is 18.7 Å². The molecule has 3 rings (SSSR count). The third-order valence-corrected chi connectivity index (χ3v) is 4.01. The number of hydrogen-bond acceptors (Lipinski definition) is 4. The van der Waals surface area contributed by atoms with Gasteiger partial charge < -0.3 is 4.90 Å². The molecule has 2 aromatic rings. The van der Waals surface area contributed by atoms with E-state index in [0.29, 0.717) is 12.4 Å². The summed E-state index contributed by atoms with van der Waals surface area (Å²) < 4.78 is 39.0. The number of alkyl halides is 3. The Labute approximate surface area is 125 Å². The van der Waals surface area contributed by atoms with Gasteiger partial charge in [0.2, 0.25) is 5.82 Å². The van der Waals surface area contributed by atoms with Crippen molar-refractivity contribution in [3.8, 4) is 11.4 Å². The first-order valence-corrected chi connectivity index (χ1v) is 6.98. The van der Waals surface area contributed by atoms with Crippen molar-refractivity contribution in [2.24, 2.45) is 5.41 Å². The molecular weight excluding hydrogens is 295 g/mol. The number of H-pyrrole nitrogens is 1. The fourth-order valence-electron chi connectivity index (χ4n) is 2.66. The molecule has 0 atom stereocenters. The van der Waals surface area contributed by atoms with Gasteiger partial charge in [-0.3, -0.25) is 0 Å². The Balaban J connectivity index is 1.67. The van der Waals surface area contributed by atoms with Gasteiger partial charge in [0.25, 0.3) is 0 Å². The molecule has 118 valence electrons. The molecule has 22 heavy (non-hydrogen) atoms. The van der Waals surface area contributed by atoms with E-state index in [0.717, 1.165) is 11.1 Å². The zero-order valence-corrected chi connectivity index (χ0v) is 12.1. The van der Waals surface area contributed by atoms with E-state index in [1.54, 1.807) is 11.9 Å². The van der Waals surface area contributed by atoms with Crippen molar-refractivity contribution in [2.45, 2.75) is 25.6 Å². The minimum Gasteiger partial charge on any atom is -0.301 e. The molecular formula is C14H16F3N5. The first-order valence-electron chi connectivity index (χ1n) is 6.98. The Kier molecular flexibility index (Phi) is 3.64. The van der Waals surface area contributed by atoms with Crippen LogP contribution in [0.4, 0.5) is 13.2 Å². The average Bonchev–Trinajstić information content (AvgIpc) is 3.03. The molecule has 1 aromatic heterocycles. The summed E-state index contributed by atoms with van der Waals surface area (Å²) in [6, 6.07) is 7.43. The van der Waals surface area contributed by atoms with Crippen LogP contribution < -0.4 is 0 Å². The lowest BCUT2D eigenvalue weighted by molar-refractivity contribution is -0.191. The second-order valence-corrected chi connectivity index (χ2v) is 5.89. The monoisotopic (exact) mass is 311 g/mol. The summed E-state index contributed by atoms with van der Waals surface area (Å²) in [5.41, 5.74) is 0.201. The van der Waals surface area contributed by atoms with Gasteiger partial charge in [0.05, 0.1) is 5.41 Å². The number of hydrogen-bond donors (Lipinski definition) is 1. The molecule has 1 aliphatic rings. The van der Waals surface area contributed by atoms with Gasteiger partial charge >= 0.3 is 6.18 Å². The Morgan fingerprint density at radius 1 is 1.32 bits per heavy atom. The van der Waals surface area contributed by atoms with Gasteiger partial charge in [-0.15, -0.1) is 10.2 Å². The Morgan fingerprint density at radius 3 is 2.68 bits per heavy atom. The van der Waals surface area contributed by atoms with Crippen LogP contribution in [0.25, 0.3) is 11.4 Å². The van der Waals surface area contributed by atoms with Gasteiger partial charge in [-0.2, -0.15) is 18.4 Å². The van der Waals surface area contributed by atoms with Crippen molar-refractivity contribution >= 4 is 0 Å². The number of aromatic nitrogens is 4. The van der Waals surface area contributed by atoms with Crippen LogP contribution in [-0.4, -0.2) is 45.3 Å². The fourth-order valence-corrected chi connectivity index (χ4v) is 2.66. The molecule has 1 aliphatic carbocycles. The highest BCUT2D eigenvalue weighted by atomic mass is 19.4. The van der Waals surface area contributed by atoms with Crippen LogP contribution in [0, 0.1) is 5.41 Å². The van der Waals surface area contributed by atoms with E-state index in [4.69, 9.17) is 0 Å².